The van der Waals surface area contributed by atoms with Crippen LogP contribution in [0, 0.1) is 5.41 Å². The largest absolute Gasteiger partial charge is 0.351 e. The van der Waals surface area contributed by atoms with Crippen LogP contribution < -0.4 is 9.62 Å². The number of anilines is 1. The Morgan fingerprint density at radius 3 is 2.07 bits per heavy atom. The van der Waals surface area contributed by atoms with Crippen molar-refractivity contribution >= 4 is 21.6 Å². The van der Waals surface area contributed by atoms with Crippen molar-refractivity contribution < 1.29 is 13.2 Å². The summed E-state index contributed by atoms with van der Waals surface area (Å²) in [4.78, 5) is 14.6. The topological polar surface area (TPSA) is 69.7 Å². The van der Waals surface area contributed by atoms with Gasteiger partial charge in [0.15, 0.2) is 0 Å². The maximum atomic E-state index is 12.8. The molecule has 0 radical (unpaired) electrons. The summed E-state index contributed by atoms with van der Waals surface area (Å²) in [7, 11) is 1.82. The van der Waals surface area contributed by atoms with Crippen molar-refractivity contribution in [3.63, 3.8) is 0 Å². The molecule has 1 amide bonds. The maximum absolute atomic E-state index is 12.8. The number of sulfonamides is 1. The highest BCUT2D eigenvalue weighted by molar-refractivity contribution is 7.92. The van der Waals surface area contributed by atoms with Crippen LogP contribution in [0.4, 0.5) is 5.69 Å². The van der Waals surface area contributed by atoms with Crippen LogP contribution in [-0.2, 0) is 10.0 Å². The summed E-state index contributed by atoms with van der Waals surface area (Å²) in [5.41, 5.74) is 0.940. The number of hydrogen-bond acceptors (Lipinski definition) is 4. The Morgan fingerprint density at radius 1 is 0.964 bits per heavy atom. The van der Waals surface area contributed by atoms with Gasteiger partial charge >= 0.3 is 0 Å². The lowest BCUT2D eigenvalue weighted by molar-refractivity contribution is 0.0929. The molecular formula is C21H29N3O3S. The van der Waals surface area contributed by atoms with E-state index in [-0.39, 0.29) is 16.2 Å². The van der Waals surface area contributed by atoms with Gasteiger partial charge in [-0.3, -0.25) is 9.10 Å². The minimum absolute atomic E-state index is 0.0686. The lowest BCUT2D eigenvalue weighted by atomic mass is 9.93. The van der Waals surface area contributed by atoms with Crippen molar-refractivity contribution in [3.8, 4) is 0 Å². The van der Waals surface area contributed by atoms with Crippen LogP contribution in [-0.4, -0.2) is 53.5 Å². The SMILES string of the molecule is CN(C)CC(C)(C)CNC(=O)c1ccc(S(=O)(=O)N(C)c2ccccc2)cc1. The molecule has 28 heavy (non-hydrogen) atoms. The van der Waals surface area contributed by atoms with Gasteiger partial charge in [0, 0.05) is 25.7 Å². The Balaban J connectivity index is 2.09. The van der Waals surface area contributed by atoms with Crippen LogP contribution in [0.1, 0.15) is 24.2 Å². The van der Waals surface area contributed by atoms with E-state index in [1.54, 1.807) is 36.4 Å². The molecule has 0 bridgehead atoms. The van der Waals surface area contributed by atoms with E-state index in [1.807, 2.05) is 20.2 Å². The molecule has 0 aliphatic rings. The first-order valence-electron chi connectivity index (χ1n) is 9.10. The third kappa shape index (κ3) is 5.56. The third-order valence-corrected chi connectivity index (χ3v) is 6.17. The van der Waals surface area contributed by atoms with Crippen molar-refractivity contribution in [1.82, 2.24) is 10.2 Å². The molecule has 0 saturated heterocycles. The number of hydrogen-bond donors (Lipinski definition) is 1. The van der Waals surface area contributed by atoms with E-state index in [0.717, 1.165) is 6.54 Å². The standard InChI is InChI=1S/C21H29N3O3S/c1-21(2,16-23(3)4)15-22-20(25)17-11-13-19(14-12-17)28(26,27)24(5)18-9-7-6-8-10-18/h6-14H,15-16H2,1-5H3,(H,22,25). The number of benzene rings is 2. The highest BCUT2D eigenvalue weighted by Crippen LogP contribution is 2.22. The number of carbonyl (C=O) groups is 1. The highest BCUT2D eigenvalue weighted by atomic mass is 32.2. The Hall–Kier alpha value is -2.38. The first-order chi connectivity index (χ1) is 13.0. The lowest BCUT2D eigenvalue weighted by Gasteiger charge is -2.28. The zero-order valence-electron chi connectivity index (χ0n) is 17.1. The monoisotopic (exact) mass is 403 g/mol. The fourth-order valence-electron chi connectivity index (χ4n) is 3.05. The molecule has 0 saturated carbocycles. The molecular weight excluding hydrogens is 374 g/mol. The van der Waals surface area contributed by atoms with E-state index in [9.17, 15) is 13.2 Å². The normalized spacial score (nSPS) is 12.1. The van der Waals surface area contributed by atoms with Gasteiger partial charge in [-0.1, -0.05) is 32.0 Å². The average Bonchev–Trinajstić information content (AvgIpc) is 2.65. The van der Waals surface area contributed by atoms with E-state index in [4.69, 9.17) is 0 Å². The van der Waals surface area contributed by atoms with Gasteiger partial charge in [-0.05, 0) is 55.9 Å². The van der Waals surface area contributed by atoms with Crippen molar-refractivity contribution in [1.29, 1.82) is 0 Å². The van der Waals surface area contributed by atoms with Crippen molar-refractivity contribution in [3.05, 3.63) is 60.2 Å². The van der Waals surface area contributed by atoms with Gasteiger partial charge in [0.1, 0.15) is 0 Å². The molecule has 6 nitrogen and oxygen atoms in total. The quantitative estimate of drug-likeness (QED) is 0.736. The van der Waals surface area contributed by atoms with Gasteiger partial charge in [-0.25, -0.2) is 8.42 Å². The van der Waals surface area contributed by atoms with Gasteiger partial charge in [0.05, 0.1) is 10.6 Å². The fourth-order valence-corrected chi connectivity index (χ4v) is 4.24. The summed E-state index contributed by atoms with van der Waals surface area (Å²) in [5.74, 6) is -0.216. The van der Waals surface area contributed by atoms with Gasteiger partial charge in [0.25, 0.3) is 15.9 Å². The average molecular weight is 404 g/mol. The van der Waals surface area contributed by atoms with E-state index < -0.39 is 10.0 Å². The number of para-hydroxylation sites is 1. The molecule has 0 aliphatic heterocycles. The van der Waals surface area contributed by atoms with Crippen LogP contribution in [0.2, 0.25) is 0 Å². The summed E-state index contributed by atoms with van der Waals surface area (Å²) in [6.07, 6.45) is 0. The summed E-state index contributed by atoms with van der Waals surface area (Å²) in [5, 5.41) is 2.93. The molecule has 2 aromatic rings. The molecule has 0 heterocycles. The number of carbonyl (C=O) groups excluding carboxylic acids is 1. The summed E-state index contributed by atoms with van der Waals surface area (Å²) >= 11 is 0. The van der Waals surface area contributed by atoms with Crippen molar-refractivity contribution in [2.75, 3.05) is 38.5 Å². The van der Waals surface area contributed by atoms with Gasteiger partial charge in [-0.2, -0.15) is 0 Å². The molecule has 2 rings (SSSR count). The molecule has 0 spiro atoms. The molecule has 0 aromatic heterocycles. The minimum Gasteiger partial charge on any atom is -0.351 e. The second kappa shape index (κ2) is 8.75. The lowest BCUT2D eigenvalue weighted by Crippen LogP contribution is -2.40. The number of amides is 1. The Bertz CT molecular complexity index is 892. The predicted molar refractivity (Wildman–Crippen MR) is 113 cm³/mol. The molecule has 1 N–H and O–H groups in total. The highest BCUT2D eigenvalue weighted by Gasteiger charge is 2.23. The van der Waals surface area contributed by atoms with E-state index in [1.165, 1.54) is 23.5 Å². The van der Waals surface area contributed by atoms with Gasteiger partial charge in [0.2, 0.25) is 0 Å². The van der Waals surface area contributed by atoms with Crippen LogP contribution in [0.25, 0.3) is 0 Å². The molecule has 0 atom stereocenters. The number of nitrogens with zero attached hydrogens (tertiary/aromatic N) is 2. The predicted octanol–water partition coefficient (Wildman–Crippen LogP) is 2.83. The molecule has 0 unspecified atom stereocenters. The van der Waals surface area contributed by atoms with Crippen LogP contribution in [0.3, 0.4) is 0 Å². The number of nitrogens with one attached hydrogen (secondary N) is 1. The number of rotatable bonds is 8. The van der Waals surface area contributed by atoms with Crippen LogP contribution in [0.15, 0.2) is 59.5 Å². The Labute approximate surface area is 168 Å². The first kappa shape index (κ1) is 21.9. The summed E-state index contributed by atoms with van der Waals surface area (Å²) in [6, 6.07) is 14.9. The van der Waals surface area contributed by atoms with Crippen molar-refractivity contribution in [2.45, 2.75) is 18.7 Å². The van der Waals surface area contributed by atoms with E-state index >= 15 is 0 Å². The van der Waals surface area contributed by atoms with Crippen LogP contribution >= 0.6 is 0 Å². The van der Waals surface area contributed by atoms with Gasteiger partial charge < -0.3 is 10.2 Å². The second-order valence-corrected chi connectivity index (χ2v) is 9.89. The fraction of sp³-hybridized carbons (Fsp3) is 0.381. The van der Waals surface area contributed by atoms with E-state index in [0.29, 0.717) is 17.8 Å². The summed E-state index contributed by atoms with van der Waals surface area (Å²) < 4.78 is 26.8. The van der Waals surface area contributed by atoms with Crippen molar-refractivity contribution in [2.24, 2.45) is 5.41 Å². The zero-order chi connectivity index (χ0) is 20.9. The second-order valence-electron chi connectivity index (χ2n) is 7.92. The molecule has 7 heteroatoms. The minimum atomic E-state index is -3.69. The Kier molecular flexibility index (Phi) is 6.85. The third-order valence-electron chi connectivity index (χ3n) is 4.37. The zero-order valence-corrected chi connectivity index (χ0v) is 18.0. The smallest absolute Gasteiger partial charge is 0.264 e. The molecule has 0 fully saturated rings. The van der Waals surface area contributed by atoms with E-state index in [2.05, 4.69) is 24.1 Å². The first-order valence-corrected chi connectivity index (χ1v) is 10.5. The van der Waals surface area contributed by atoms with Crippen LogP contribution in [0.5, 0.6) is 0 Å². The summed E-state index contributed by atoms with van der Waals surface area (Å²) in [6.45, 7) is 5.54. The van der Waals surface area contributed by atoms with Gasteiger partial charge in [-0.15, -0.1) is 0 Å². The molecule has 2 aromatic carbocycles. The Morgan fingerprint density at radius 2 is 1.54 bits per heavy atom. The molecule has 152 valence electrons. The molecule has 0 aliphatic carbocycles. The maximum Gasteiger partial charge on any atom is 0.264 e.